The van der Waals surface area contributed by atoms with Crippen molar-refractivity contribution in [2.24, 2.45) is 0 Å². The van der Waals surface area contributed by atoms with E-state index in [2.05, 4.69) is 48.7 Å². The van der Waals surface area contributed by atoms with Crippen LogP contribution in [-0.2, 0) is 5.75 Å². The molecule has 0 bridgehead atoms. The molecule has 0 saturated carbocycles. The number of phenolic OH excluding ortho intramolecular Hbond substituents is 1. The molecule has 3 heteroatoms. The van der Waals surface area contributed by atoms with E-state index in [4.69, 9.17) is 10.7 Å². The van der Waals surface area contributed by atoms with Gasteiger partial charge in [-0.3, -0.25) is 0 Å². The van der Waals surface area contributed by atoms with E-state index in [1.54, 1.807) is 12.1 Å². The monoisotopic (exact) mass is 316 g/mol. The molecule has 0 fully saturated rings. The third-order valence-electron chi connectivity index (χ3n) is 3.63. The number of fused-ring (bicyclic) bond motifs is 1. The van der Waals surface area contributed by atoms with Gasteiger partial charge in [-0.2, -0.15) is 0 Å². The van der Waals surface area contributed by atoms with Gasteiger partial charge in [-0.15, -0.1) is 9.24 Å². The van der Waals surface area contributed by atoms with Gasteiger partial charge in [-0.25, -0.2) is 0 Å². The molecule has 3 aromatic rings. The number of halogens is 1. The Labute approximate surface area is 131 Å². The van der Waals surface area contributed by atoms with E-state index in [0.717, 1.165) is 10.6 Å². The Morgan fingerprint density at radius 3 is 2.33 bits per heavy atom. The average molecular weight is 317 g/mol. The first-order chi connectivity index (χ1) is 10.1. The Hall–Kier alpha value is -1.64. The summed E-state index contributed by atoms with van der Waals surface area (Å²) in [5.74, 6) is 1.09. The van der Waals surface area contributed by atoms with Gasteiger partial charge in [0.2, 0.25) is 0 Å². The van der Waals surface area contributed by atoms with E-state index in [1.807, 2.05) is 12.1 Å². The lowest BCUT2D eigenvalue weighted by Crippen LogP contribution is -1.96. The van der Waals surface area contributed by atoms with E-state index in [-0.39, 0.29) is 5.75 Å². The second kappa shape index (κ2) is 5.63. The summed E-state index contributed by atoms with van der Waals surface area (Å²) < 4.78 is 0. The van der Waals surface area contributed by atoms with Gasteiger partial charge >= 0.3 is 0 Å². The molecule has 0 spiro atoms. The lowest BCUT2D eigenvalue weighted by Gasteiger charge is -2.29. The van der Waals surface area contributed by atoms with Crippen molar-refractivity contribution in [3.05, 3.63) is 72.3 Å². The van der Waals surface area contributed by atoms with Gasteiger partial charge in [-0.1, -0.05) is 53.1 Å². The van der Waals surface area contributed by atoms with Crippen molar-refractivity contribution in [2.75, 3.05) is 6.26 Å². The first kappa shape index (κ1) is 14.3. The Morgan fingerprint density at radius 2 is 1.57 bits per heavy atom. The van der Waals surface area contributed by atoms with Crippen molar-refractivity contribution in [3.8, 4) is 5.75 Å². The van der Waals surface area contributed by atoms with Crippen LogP contribution in [0.25, 0.3) is 10.8 Å². The topological polar surface area (TPSA) is 20.2 Å². The first-order valence-electron chi connectivity index (χ1n) is 6.78. The molecular weight excluding hydrogens is 300 g/mol. The fraction of sp³-hybridized carbons (Fsp3) is 0.111. The fourth-order valence-corrected chi connectivity index (χ4v) is 4.89. The summed E-state index contributed by atoms with van der Waals surface area (Å²) in [6, 6.07) is 22.0. The maximum absolute atomic E-state index is 9.42. The number of rotatable bonds is 3. The van der Waals surface area contributed by atoms with Crippen LogP contribution in [0.15, 0.2) is 71.6 Å². The van der Waals surface area contributed by atoms with Crippen molar-refractivity contribution in [3.63, 3.8) is 0 Å². The summed E-state index contributed by atoms with van der Waals surface area (Å²) >= 11 is 0. The first-order valence-corrected chi connectivity index (χ1v) is 9.81. The highest BCUT2D eigenvalue weighted by Crippen LogP contribution is 2.60. The van der Waals surface area contributed by atoms with E-state index in [1.165, 1.54) is 16.3 Å². The van der Waals surface area contributed by atoms with E-state index in [9.17, 15) is 5.11 Å². The van der Waals surface area contributed by atoms with Crippen LogP contribution in [-0.4, -0.2) is 11.4 Å². The summed E-state index contributed by atoms with van der Waals surface area (Å²) in [6.07, 6.45) is 2.10. The van der Waals surface area contributed by atoms with Crippen molar-refractivity contribution >= 4 is 30.7 Å². The zero-order chi connectivity index (χ0) is 14.9. The van der Waals surface area contributed by atoms with Crippen LogP contribution < -0.4 is 0 Å². The fourth-order valence-electron chi connectivity index (χ4n) is 2.52. The van der Waals surface area contributed by atoms with Crippen LogP contribution in [0.1, 0.15) is 5.56 Å². The van der Waals surface area contributed by atoms with Gasteiger partial charge in [0.05, 0.1) is 0 Å². The molecule has 0 aliphatic carbocycles. The Bertz CT molecular complexity index is 760. The van der Waals surface area contributed by atoms with Gasteiger partial charge in [-0.05, 0) is 46.9 Å². The van der Waals surface area contributed by atoms with Gasteiger partial charge in [0.25, 0.3) is 0 Å². The van der Waals surface area contributed by atoms with E-state index < -0.39 is 9.24 Å². The zero-order valence-electron chi connectivity index (χ0n) is 11.8. The van der Waals surface area contributed by atoms with Crippen LogP contribution in [0, 0.1) is 0 Å². The largest absolute Gasteiger partial charge is 0.508 e. The van der Waals surface area contributed by atoms with Gasteiger partial charge in [0, 0.05) is 10.6 Å². The molecule has 0 radical (unpaired) electrons. The Kier molecular flexibility index (Phi) is 3.83. The maximum Gasteiger partial charge on any atom is 0.115 e. The molecule has 1 nitrogen and oxygen atoms in total. The lowest BCUT2D eigenvalue weighted by molar-refractivity contribution is 0.475. The molecule has 0 aliphatic rings. The number of hydrogen-bond donors (Lipinski definition) is 1. The summed E-state index contributed by atoms with van der Waals surface area (Å²) in [4.78, 5) is 1.09. The minimum Gasteiger partial charge on any atom is -0.508 e. The zero-order valence-corrected chi connectivity index (χ0v) is 13.4. The summed E-state index contributed by atoms with van der Waals surface area (Å²) in [6.45, 7) is 0. The molecule has 1 atom stereocenters. The third-order valence-corrected chi connectivity index (χ3v) is 6.60. The standard InChI is InChI=1S/C18H17ClOS/c1-21(19,17-11-9-16(20)10-12-17)13-15-7-4-6-14-5-2-3-8-18(14)15/h2-12,20H,13H2,1H3. The molecule has 21 heavy (non-hydrogen) atoms. The number of benzene rings is 3. The van der Waals surface area contributed by atoms with Crippen molar-refractivity contribution < 1.29 is 5.11 Å². The number of phenols is 1. The molecular formula is C18H17ClOS. The van der Waals surface area contributed by atoms with E-state index in [0.29, 0.717) is 0 Å². The molecule has 1 N–H and O–H groups in total. The van der Waals surface area contributed by atoms with Gasteiger partial charge in [0.1, 0.15) is 5.75 Å². The smallest absolute Gasteiger partial charge is 0.115 e. The minimum absolute atomic E-state index is 0.274. The number of aromatic hydroxyl groups is 1. The molecule has 0 saturated heterocycles. The average Bonchev–Trinajstić information content (AvgIpc) is 2.48. The van der Waals surface area contributed by atoms with Gasteiger partial charge in [0.15, 0.2) is 0 Å². The maximum atomic E-state index is 9.42. The molecule has 0 aromatic heterocycles. The normalized spacial score (nSPS) is 15.5. The Morgan fingerprint density at radius 1 is 0.905 bits per heavy atom. The third kappa shape index (κ3) is 3.02. The molecule has 1 unspecified atom stereocenters. The highest BCUT2D eigenvalue weighted by Gasteiger charge is 2.19. The molecule has 0 heterocycles. The summed E-state index contributed by atoms with van der Waals surface area (Å²) in [5.41, 5.74) is 1.27. The van der Waals surface area contributed by atoms with Crippen LogP contribution in [0.3, 0.4) is 0 Å². The van der Waals surface area contributed by atoms with Crippen molar-refractivity contribution in [1.82, 2.24) is 0 Å². The quantitative estimate of drug-likeness (QED) is 0.658. The molecule has 108 valence electrons. The Balaban J connectivity index is 1.99. The number of hydrogen-bond acceptors (Lipinski definition) is 1. The summed E-state index contributed by atoms with van der Waals surface area (Å²) in [7, 11) is 5.39. The van der Waals surface area contributed by atoms with Crippen LogP contribution in [0.2, 0.25) is 0 Å². The van der Waals surface area contributed by atoms with Gasteiger partial charge < -0.3 is 5.11 Å². The van der Waals surface area contributed by atoms with Crippen molar-refractivity contribution in [2.45, 2.75) is 10.6 Å². The molecule has 3 aromatic carbocycles. The second-order valence-corrected chi connectivity index (χ2v) is 10.0. The van der Waals surface area contributed by atoms with E-state index >= 15 is 0 Å². The highest BCUT2D eigenvalue weighted by atomic mass is 35.7. The predicted molar refractivity (Wildman–Crippen MR) is 93.4 cm³/mol. The summed E-state index contributed by atoms with van der Waals surface area (Å²) in [5, 5.41) is 11.9. The molecule has 0 amide bonds. The minimum atomic E-state index is -1.46. The van der Waals surface area contributed by atoms with Crippen LogP contribution >= 0.6 is 19.9 Å². The molecule has 3 rings (SSSR count). The van der Waals surface area contributed by atoms with Crippen LogP contribution in [0.5, 0.6) is 5.75 Å². The second-order valence-electron chi connectivity index (χ2n) is 5.25. The van der Waals surface area contributed by atoms with Crippen molar-refractivity contribution in [1.29, 1.82) is 0 Å². The molecule has 0 aliphatic heterocycles. The SMILES string of the molecule is CS(Cl)(Cc1cccc2ccccc12)c1ccc(O)cc1. The highest BCUT2D eigenvalue weighted by molar-refractivity contribution is 8.50. The van der Waals surface area contributed by atoms with Crippen LogP contribution in [0.4, 0.5) is 0 Å². The predicted octanol–water partition coefficient (Wildman–Crippen LogP) is 5.69. The lowest BCUT2D eigenvalue weighted by atomic mass is 10.1.